The van der Waals surface area contributed by atoms with E-state index in [0.717, 1.165) is 82.8 Å². The fourth-order valence-electron chi connectivity index (χ4n) is 5.97. The molecule has 0 N–H and O–H groups in total. The highest BCUT2D eigenvalue weighted by Crippen LogP contribution is 2.41. The molecular weight excluding hydrogens is 485 g/mol. The summed E-state index contributed by atoms with van der Waals surface area (Å²) < 4.78 is 56.1. The Bertz CT molecular complexity index is 1050. The van der Waals surface area contributed by atoms with Gasteiger partial charge in [-0.05, 0) is 111 Å². The number of unbranched alkanes of at least 4 members (excludes halogenated alkanes) is 1. The molecule has 0 saturated heterocycles. The average Bonchev–Trinajstić information content (AvgIpc) is 2.94. The fourth-order valence-corrected chi connectivity index (χ4v) is 5.97. The van der Waals surface area contributed by atoms with Gasteiger partial charge in [0, 0.05) is 6.61 Å². The largest absolute Gasteiger partial charge is 0.491 e. The molecule has 2 fully saturated rings. The zero-order valence-electron chi connectivity index (χ0n) is 23.0. The number of hydrogen-bond donors (Lipinski definition) is 0. The first-order valence-corrected chi connectivity index (χ1v) is 14.7. The molecule has 2 nitrogen and oxygen atoms in total. The molecule has 0 bridgehead atoms. The Kier molecular flexibility index (Phi) is 10.7. The van der Waals surface area contributed by atoms with Gasteiger partial charge in [0.05, 0.1) is 12.7 Å². The van der Waals surface area contributed by atoms with E-state index in [9.17, 15) is 4.39 Å². The quantitative estimate of drug-likeness (QED) is 0.270. The molecule has 2 saturated carbocycles. The number of rotatable bonds is 11. The van der Waals surface area contributed by atoms with Crippen LogP contribution in [0.25, 0.3) is 6.08 Å². The van der Waals surface area contributed by atoms with Crippen LogP contribution in [0, 0.1) is 23.4 Å². The summed E-state index contributed by atoms with van der Waals surface area (Å²) in [6.07, 6.45) is 14.2. The first-order chi connectivity index (χ1) is 18.5. The molecule has 0 heterocycles. The number of allylic oxidation sites excluding steroid dienone is 1. The van der Waals surface area contributed by atoms with E-state index in [0.29, 0.717) is 29.4 Å². The van der Waals surface area contributed by atoms with Crippen LogP contribution in [0.3, 0.4) is 0 Å². The predicted molar refractivity (Wildman–Crippen MR) is 148 cm³/mol. The maximum Gasteiger partial charge on any atom is 0.165 e. The highest BCUT2D eigenvalue weighted by Gasteiger charge is 2.29. The van der Waals surface area contributed by atoms with E-state index in [1.807, 2.05) is 24.3 Å². The van der Waals surface area contributed by atoms with Crippen molar-refractivity contribution in [3.8, 4) is 5.75 Å². The van der Waals surface area contributed by atoms with E-state index in [2.05, 4.69) is 19.9 Å². The zero-order valence-corrected chi connectivity index (χ0v) is 23.0. The van der Waals surface area contributed by atoms with Crippen LogP contribution in [0.15, 0.2) is 36.4 Å². The number of halogens is 3. The second-order valence-corrected chi connectivity index (χ2v) is 11.1. The summed E-state index contributed by atoms with van der Waals surface area (Å²) in [5, 5.41) is 0. The summed E-state index contributed by atoms with van der Waals surface area (Å²) in [5.74, 6) is -0.877. The zero-order chi connectivity index (χ0) is 26.9. The van der Waals surface area contributed by atoms with E-state index < -0.39 is 11.6 Å². The van der Waals surface area contributed by atoms with Crippen molar-refractivity contribution in [2.24, 2.45) is 5.92 Å². The van der Waals surface area contributed by atoms with Crippen molar-refractivity contribution < 1.29 is 22.6 Å². The molecule has 2 aliphatic rings. The molecule has 4 rings (SSSR count). The molecule has 0 atom stereocenters. The maximum absolute atomic E-state index is 15.2. The van der Waals surface area contributed by atoms with Crippen LogP contribution in [0.2, 0.25) is 0 Å². The van der Waals surface area contributed by atoms with Crippen molar-refractivity contribution in [1.29, 1.82) is 0 Å². The summed E-state index contributed by atoms with van der Waals surface area (Å²) in [7, 11) is 0. The van der Waals surface area contributed by atoms with E-state index in [-0.39, 0.29) is 23.8 Å². The molecule has 0 unspecified atom stereocenters. The Hall–Kier alpha value is -2.27. The maximum atomic E-state index is 15.2. The summed E-state index contributed by atoms with van der Waals surface area (Å²) in [5.41, 5.74) is 1.86. The Labute approximate surface area is 226 Å². The molecule has 0 radical (unpaired) electrons. The predicted octanol–water partition coefficient (Wildman–Crippen LogP) is 9.72. The molecule has 0 aromatic heterocycles. The summed E-state index contributed by atoms with van der Waals surface area (Å²) in [6.45, 7) is 5.46. The van der Waals surface area contributed by atoms with Gasteiger partial charge in [-0.1, -0.05) is 50.6 Å². The normalized spacial score (nSPS) is 24.1. The SMILES string of the molecule is CCCCOc1ccc(/C=C/C2CCC(c3ccc(C4CCC(OCCC)CC4)c(F)c3F)CC2)cc1F. The lowest BCUT2D eigenvalue weighted by Gasteiger charge is -2.30. The van der Waals surface area contributed by atoms with Gasteiger partial charge in [-0.25, -0.2) is 13.2 Å². The van der Waals surface area contributed by atoms with Gasteiger partial charge < -0.3 is 9.47 Å². The number of benzene rings is 2. The van der Waals surface area contributed by atoms with Gasteiger partial charge in [0.1, 0.15) is 0 Å². The van der Waals surface area contributed by atoms with Crippen LogP contribution in [0.1, 0.15) is 113 Å². The van der Waals surface area contributed by atoms with E-state index in [1.54, 1.807) is 6.07 Å². The lowest BCUT2D eigenvalue weighted by atomic mass is 9.77. The third kappa shape index (κ3) is 7.43. The topological polar surface area (TPSA) is 18.5 Å². The molecule has 5 heteroatoms. The molecule has 38 heavy (non-hydrogen) atoms. The van der Waals surface area contributed by atoms with Crippen LogP contribution in [0.5, 0.6) is 5.75 Å². The van der Waals surface area contributed by atoms with Crippen LogP contribution in [-0.2, 0) is 4.74 Å². The van der Waals surface area contributed by atoms with Crippen LogP contribution in [-0.4, -0.2) is 19.3 Å². The number of hydrogen-bond acceptors (Lipinski definition) is 2. The number of ether oxygens (including phenoxy) is 2. The van der Waals surface area contributed by atoms with E-state index in [1.165, 1.54) is 6.07 Å². The molecule has 2 aromatic rings. The third-order valence-electron chi connectivity index (χ3n) is 8.30. The van der Waals surface area contributed by atoms with Crippen LogP contribution >= 0.6 is 0 Å². The third-order valence-corrected chi connectivity index (χ3v) is 8.30. The van der Waals surface area contributed by atoms with Gasteiger partial charge in [0.15, 0.2) is 23.2 Å². The van der Waals surface area contributed by atoms with Gasteiger partial charge in [-0.2, -0.15) is 0 Å². The minimum absolute atomic E-state index is 0.0402. The van der Waals surface area contributed by atoms with E-state index in [4.69, 9.17) is 9.47 Å². The van der Waals surface area contributed by atoms with Gasteiger partial charge in [-0.3, -0.25) is 0 Å². The van der Waals surface area contributed by atoms with Crippen molar-refractivity contribution >= 4 is 6.08 Å². The molecule has 0 aliphatic heterocycles. The minimum atomic E-state index is -0.650. The summed E-state index contributed by atoms with van der Waals surface area (Å²) in [6, 6.07) is 8.74. The van der Waals surface area contributed by atoms with Gasteiger partial charge in [-0.15, -0.1) is 0 Å². The highest BCUT2D eigenvalue weighted by molar-refractivity contribution is 5.51. The lowest BCUT2D eigenvalue weighted by Crippen LogP contribution is -2.22. The minimum Gasteiger partial charge on any atom is -0.491 e. The Morgan fingerprint density at radius 1 is 0.763 bits per heavy atom. The summed E-state index contributed by atoms with van der Waals surface area (Å²) in [4.78, 5) is 0. The molecule has 2 aliphatic carbocycles. The molecule has 2 aromatic carbocycles. The van der Waals surface area contributed by atoms with Crippen molar-refractivity contribution in [3.05, 3.63) is 70.5 Å². The van der Waals surface area contributed by atoms with Crippen molar-refractivity contribution in [1.82, 2.24) is 0 Å². The highest BCUT2D eigenvalue weighted by atomic mass is 19.2. The molecular formula is C33H43F3O2. The van der Waals surface area contributed by atoms with Crippen molar-refractivity contribution in [2.45, 2.75) is 102 Å². The van der Waals surface area contributed by atoms with E-state index >= 15 is 8.78 Å². The second-order valence-electron chi connectivity index (χ2n) is 11.1. The van der Waals surface area contributed by atoms with Gasteiger partial charge in [0.25, 0.3) is 0 Å². The van der Waals surface area contributed by atoms with Gasteiger partial charge in [0.2, 0.25) is 0 Å². The Balaban J connectivity index is 1.30. The molecule has 208 valence electrons. The van der Waals surface area contributed by atoms with Crippen LogP contribution in [0.4, 0.5) is 13.2 Å². The summed E-state index contributed by atoms with van der Waals surface area (Å²) >= 11 is 0. The Morgan fingerprint density at radius 2 is 1.39 bits per heavy atom. The molecule has 0 spiro atoms. The molecule has 0 amide bonds. The van der Waals surface area contributed by atoms with Crippen molar-refractivity contribution in [3.63, 3.8) is 0 Å². The first-order valence-electron chi connectivity index (χ1n) is 14.7. The monoisotopic (exact) mass is 528 g/mol. The first kappa shape index (κ1) is 28.7. The fraction of sp³-hybridized carbons (Fsp3) is 0.576. The smallest absolute Gasteiger partial charge is 0.165 e. The average molecular weight is 529 g/mol. The second kappa shape index (κ2) is 14.2. The van der Waals surface area contributed by atoms with Crippen molar-refractivity contribution in [2.75, 3.05) is 13.2 Å². The Morgan fingerprint density at radius 3 is 1.97 bits per heavy atom. The van der Waals surface area contributed by atoms with Gasteiger partial charge >= 0.3 is 0 Å². The van der Waals surface area contributed by atoms with Crippen LogP contribution < -0.4 is 4.74 Å². The standard InChI is InChI=1S/C33H43F3O2/c1-3-5-21-38-31-19-10-24(22-30(31)34)7-6-23-8-11-25(12-9-23)28-17-18-29(33(36)32(28)35)26-13-15-27(16-14-26)37-20-4-2/h6-7,10,17-19,22-23,25-27H,3-5,8-9,11-16,20-21H2,1-2H3/b7-6+. The lowest BCUT2D eigenvalue weighted by molar-refractivity contribution is 0.0248.